The predicted octanol–water partition coefficient (Wildman–Crippen LogP) is 3.43. The first-order chi connectivity index (χ1) is 12.7. The molecular weight excluding hydrogens is 348 g/mol. The summed E-state index contributed by atoms with van der Waals surface area (Å²) in [5, 5.41) is 12.7. The van der Waals surface area contributed by atoms with Crippen LogP contribution in [0.2, 0.25) is 0 Å². The Morgan fingerprint density at radius 3 is 2.77 bits per heavy atom. The van der Waals surface area contributed by atoms with Crippen molar-refractivity contribution in [3.63, 3.8) is 0 Å². The standard InChI is InChI=1S/C19H20N4O2S/c24-12-18-22-15-10-14(5-6-16(15)26-18)21-19(25)13-4-7-17(20-11-13)23-8-2-1-3-9-23/h4-7,10-11,24H,1-3,8-9,12H2,(H,21,25). The molecule has 1 amide bonds. The zero-order chi connectivity index (χ0) is 17.9. The van der Waals surface area contributed by atoms with Crippen LogP contribution in [0.25, 0.3) is 10.2 Å². The number of nitrogens with zero attached hydrogens (tertiary/aromatic N) is 3. The van der Waals surface area contributed by atoms with Gasteiger partial charge >= 0.3 is 0 Å². The van der Waals surface area contributed by atoms with Gasteiger partial charge in [0.05, 0.1) is 22.4 Å². The number of rotatable bonds is 4. The Labute approximate surface area is 155 Å². The number of aromatic nitrogens is 2. The lowest BCUT2D eigenvalue weighted by molar-refractivity contribution is 0.102. The average molecular weight is 368 g/mol. The Bertz CT molecular complexity index is 917. The molecule has 26 heavy (non-hydrogen) atoms. The normalized spacial score (nSPS) is 14.6. The Morgan fingerprint density at radius 2 is 2.04 bits per heavy atom. The van der Waals surface area contributed by atoms with Crippen molar-refractivity contribution < 1.29 is 9.90 Å². The number of aliphatic hydroxyl groups is 1. The maximum absolute atomic E-state index is 12.5. The van der Waals surface area contributed by atoms with Gasteiger partial charge in [-0.2, -0.15) is 0 Å². The zero-order valence-electron chi connectivity index (χ0n) is 14.3. The number of thiazole rings is 1. The summed E-state index contributed by atoms with van der Waals surface area (Å²) in [7, 11) is 0. The summed E-state index contributed by atoms with van der Waals surface area (Å²) in [6.07, 6.45) is 5.30. The fraction of sp³-hybridized carbons (Fsp3) is 0.316. The average Bonchev–Trinajstić information content (AvgIpc) is 3.11. The molecule has 0 aliphatic carbocycles. The topological polar surface area (TPSA) is 78.3 Å². The highest BCUT2D eigenvalue weighted by Gasteiger charge is 2.13. The molecular formula is C19H20N4O2S. The van der Waals surface area contributed by atoms with E-state index in [2.05, 4.69) is 20.2 Å². The third-order valence-electron chi connectivity index (χ3n) is 4.52. The van der Waals surface area contributed by atoms with Gasteiger partial charge in [0.15, 0.2) is 0 Å². The molecule has 2 aromatic heterocycles. The Morgan fingerprint density at radius 1 is 1.19 bits per heavy atom. The van der Waals surface area contributed by atoms with Crippen LogP contribution in [0.5, 0.6) is 0 Å². The van der Waals surface area contributed by atoms with Crippen LogP contribution in [-0.2, 0) is 6.61 Å². The highest BCUT2D eigenvalue weighted by Crippen LogP contribution is 2.25. The molecule has 0 radical (unpaired) electrons. The molecule has 0 spiro atoms. The van der Waals surface area contributed by atoms with E-state index in [-0.39, 0.29) is 12.5 Å². The number of amides is 1. The molecule has 3 aromatic rings. The first-order valence-electron chi connectivity index (χ1n) is 8.75. The number of anilines is 2. The van der Waals surface area contributed by atoms with E-state index in [0.717, 1.165) is 29.1 Å². The van der Waals surface area contributed by atoms with Gasteiger partial charge in [-0.3, -0.25) is 4.79 Å². The summed E-state index contributed by atoms with van der Waals surface area (Å²) in [5.41, 5.74) is 1.98. The van der Waals surface area contributed by atoms with Crippen molar-refractivity contribution in [3.8, 4) is 0 Å². The number of fused-ring (bicyclic) bond motifs is 1. The molecule has 3 heterocycles. The number of carbonyl (C=O) groups excluding carboxylic acids is 1. The van der Waals surface area contributed by atoms with Crippen LogP contribution in [-0.4, -0.2) is 34.1 Å². The smallest absolute Gasteiger partial charge is 0.257 e. The van der Waals surface area contributed by atoms with Crippen LogP contribution in [0, 0.1) is 0 Å². The van der Waals surface area contributed by atoms with E-state index in [4.69, 9.17) is 0 Å². The minimum Gasteiger partial charge on any atom is -0.389 e. The number of piperidine rings is 1. The molecule has 1 aromatic carbocycles. The fourth-order valence-corrected chi connectivity index (χ4v) is 3.96. The molecule has 2 N–H and O–H groups in total. The Hall–Kier alpha value is -2.51. The molecule has 1 saturated heterocycles. The van der Waals surface area contributed by atoms with Crippen LogP contribution in [0.4, 0.5) is 11.5 Å². The van der Waals surface area contributed by atoms with Gasteiger partial charge in [-0.05, 0) is 49.6 Å². The van der Waals surface area contributed by atoms with Crippen LogP contribution in [0.1, 0.15) is 34.6 Å². The molecule has 7 heteroatoms. The largest absolute Gasteiger partial charge is 0.389 e. The van der Waals surface area contributed by atoms with Crippen molar-refractivity contribution in [1.82, 2.24) is 9.97 Å². The van der Waals surface area contributed by atoms with E-state index < -0.39 is 0 Å². The maximum atomic E-state index is 12.5. The minimum atomic E-state index is -0.195. The SMILES string of the molecule is O=C(Nc1ccc2sc(CO)nc2c1)c1ccc(N2CCCCC2)nc1. The van der Waals surface area contributed by atoms with E-state index in [1.807, 2.05) is 30.3 Å². The van der Waals surface area contributed by atoms with E-state index in [1.165, 1.54) is 30.6 Å². The second-order valence-electron chi connectivity index (χ2n) is 6.36. The van der Waals surface area contributed by atoms with Gasteiger partial charge < -0.3 is 15.3 Å². The van der Waals surface area contributed by atoms with Crippen molar-refractivity contribution in [1.29, 1.82) is 0 Å². The number of pyridine rings is 1. The Balaban J connectivity index is 1.47. The summed E-state index contributed by atoms with van der Waals surface area (Å²) < 4.78 is 0.986. The van der Waals surface area contributed by atoms with E-state index in [0.29, 0.717) is 16.3 Å². The molecule has 0 bridgehead atoms. The molecule has 1 aliphatic heterocycles. The summed E-state index contributed by atoms with van der Waals surface area (Å²) >= 11 is 1.45. The van der Waals surface area contributed by atoms with E-state index in [1.54, 1.807) is 6.20 Å². The van der Waals surface area contributed by atoms with Gasteiger partial charge in [0.2, 0.25) is 0 Å². The van der Waals surface area contributed by atoms with Gasteiger partial charge in [0.25, 0.3) is 5.91 Å². The van der Waals surface area contributed by atoms with Gasteiger partial charge in [-0.1, -0.05) is 0 Å². The highest BCUT2D eigenvalue weighted by atomic mass is 32.1. The number of hydrogen-bond donors (Lipinski definition) is 2. The van der Waals surface area contributed by atoms with Crippen LogP contribution in [0.15, 0.2) is 36.5 Å². The van der Waals surface area contributed by atoms with Gasteiger partial charge in [0.1, 0.15) is 10.8 Å². The van der Waals surface area contributed by atoms with Crippen molar-refractivity contribution in [3.05, 3.63) is 47.1 Å². The summed E-state index contributed by atoms with van der Waals surface area (Å²) in [6.45, 7) is 1.99. The lowest BCUT2D eigenvalue weighted by atomic mass is 10.1. The molecule has 134 valence electrons. The zero-order valence-corrected chi connectivity index (χ0v) is 15.1. The third kappa shape index (κ3) is 3.54. The monoisotopic (exact) mass is 368 g/mol. The molecule has 0 atom stereocenters. The second kappa shape index (κ2) is 7.39. The molecule has 6 nitrogen and oxygen atoms in total. The van der Waals surface area contributed by atoms with Crippen LogP contribution < -0.4 is 10.2 Å². The molecule has 1 fully saturated rings. The van der Waals surface area contributed by atoms with Crippen molar-refractivity contribution >= 4 is 39.0 Å². The quantitative estimate of drug-likeness (QED) is 0.738. The maximum Gasteiger partial charge on any atom is 0.257 e. The second-order valence-corrected chi connectivity index (χ2v) is 7.47. The number of benzene rings is 1. The third-order valence-corrected chi connectivity index (χ3v) is 5.54. The van der Waals surface area contributed by atoms with Gasteiger partial charge in [0, 0.05) is 25.0 Å². The number of hydrogen-bond acceptors (Lipinski definition) is 6. The summed E-state index contributed by atoms with van der Waals surface area (Å²) in [5.74, 6) is 0.737. The lowest BCUT2D eigenvalue weighted by Crippen LogP contribution is -2.30. The highest BCUT2D eigenvalue weighted by molar-refractivity contribution is 7.18. The van der Waals surface area contributed by atoms with E-state index in [9.17, 15) is 9.90 Å². The number of aliphatic hydroxyl groups excluding tert-OH is 1. The first kappa shape index (κ1) is 16.9. The van der Waals surface area contributed by atoms with Crippen molar-refractivity contribution in [2.24, 2.45) is 0 Å². The molecule has 0 saturated carbocycles. The summed E-state index contributed by atoms with van der Waals surface area (Å²) in [4.78, 5) is 23.5. The van der Waals surface area contributed by atoms with Gasteiger partial charge in [-0.15, -0.1) is 11.3 Å². The van der Waals surface area contributed by atoms with Crippen LogP contribution in [0.3, 0.4) is 0 Å². The Kier molecular flexibility index (Phi) is 4.81. The van der Waals surface area contributed by atoms with E-state index >= 15 is 0 Å². The van der Waals surface area contributed by atoms with Gasteiger partial charge in [-0.25, -0.2) is 9.97 Å². The minimum absolute atomic E-state index is 0.0733. The molecule has 4 rings (SSSR count). The first-order valence-corrected chi connectivity index (χ1v) is 9.57. The van der Waals surface area contributed by atoms with Crippen molar-refractivity contribution in [2.75, 3.05) is 23.3 Å². The fourth-order valence-electron chi connectivity index (χ4n) is 3.15. The number of carbonyl (C=O) groups is 1. The molecule has 1 aliphatic rings. The lowest BCUT2D eigenvalue weighted by Gasteiger charge is -2.27. The summed E-state index contributed by atoms with van der Waals surface area (Å²) in [6, 6.07) is 9.29. The van der Waals surface area contributed by atoms with Crippen LogP contribution >= 0.6 is 11.3 Å². The molecule has 0 unspecified atom stereocenters. The number of nitrogens with one attached hydrogen (secondary N) is 1. The predicted molar refractivity (Wildman–Crippen MR) is 104 cm³/mol. The van der Waals surface area contributed by atoms with Crippen molar-refractivity contribution in [2.45, 2.75) is 25.9 Å².